The summed E-state index contributed by atoms with van der Waals surface area (Å²) < 4.78 is 24.7. The van der Waals surface area contributed by atoms with Crippen LogP contribution in [0.15, 0.2) is 82.6 Å². The zero-order chi connectivity index (χ0) is 21.9. The van der Waals surface area contributed by atoms with Gasteiger partial charge in [-0.3, -0.25) is 0 Å². The summed E-state index contributed by atoms with van der Waals surface area (Å²) in [7, 11) is 1.77. The van der Waals surface area contributed by atoms with E-state index in [1.807, 2.05) is 24.3 Å². The average Bonchev–Trinajstić information content (AvgIpc) is 2.80. The third-order valence-electron chi connectivity index (χ3n) is 6.11. The Morgan fingerprint density at radius 2 is 1.55 bits per heavy atom. The first-order valence-electron chi connectivity index (χ1n) is 10.4. The Morgan fingerprint density at radius 3 is 2.16 bits per heavy atom. The average molecular weight is 439 g/mol. The highest BCUT2D eigenvalue weighted by Crippen LogP contribution is 2.38. The first-order valence-corrected chi connectivity index (χ1v) is 11.2. The van der Waals surface area contributed by atoms with E-state index in [4.69, 9.17) is 9.47 Å². The summed E-state index contributed by atoms with van der Waals surface area (Å²) in [5.74, 6) is -0.315. The molecule has 0 radical (unpaired) electrons. The SMILES string of the molecule is COC1(c2cccc(Sc3ccc(C(C)(O)c4ccc(F)cc4)cc3)c2)CCOCC1. The Kier molecular flexibility index (Phi) is 6.49. The number of methoxy groups -OCH3 is 1. The van der Waals surface area contributed by atoms with E-state index in [0.717, 1.165) is 28.2 Å². The number of aliphatic hydroxyl groups is 1. The predicted molar refractivity (Wildman–Crippen MR) is 121 cm³/mol. The Balaban J connectivity index is 1.52. The molecule has 0 saturated carbocycles. The number of ether oxygens (including phenoxy) is 2. The van der Waals surface area contributed by atoms with Crippen molar-refractivity contribution in [3.63, 3.8) is 0 Å². The van der Waals surface area contributed by atoms with E-state index >= 15 is 0 Å². The molecule has 3 aromatic rings. The number of hydrogen-bond donors (Lipinski definition) is 1. The van der Waals surface area contributed by atoms with Crippen molar-refractivity contribution >= 4 is 11.8 Å². The fourth-order valence-corrected chi connectivity index (χ4v) is 4.96. The smallest absolute Gasteiger partial charge is 0.123 e. The molecule has 4 rings (SSSR count). The molecule has 1 N–H and O–H groups in total. The largest absolute Gasteiger partial charge is 0.381 e. The molecule has 1 aliphatic rings. The molecule has 162 valence electrons. The molecule has 0 aromatic heterocycles. The zero-order valence-electron chi connectivity index (χ0n) is 17.8. The quantitative estimate of drug-likeness (QED) is 0.521. The van der Waals surface area contributed by atoms with E-state index in [0.29, 0.717) is 18.8 Å². The van der Waals surface area contributed by atoms with Crippen molar-refractivity contribution in [3.8, 4) is 0 Å². The zero-order valence-corrected chi connectivity index (χ0v) is 18.6. The molecule has 0 spiro atoms. The van der Waals surface area contributed by atoms with E-state index in [2.05, 4.69) is 24.3 Å². The minimum absolute atomic E-state index is 0.285. The van der Waals surface area contributed by atoms with E-state index in [-0.39, 0.29) is 11.4 Å². The van der Waals surface area contributed by atoms with Gasteiger partial charge in [-0.1, -0.05) is 48.2 Å². The highest BCUT2D eigenvalue weighted by atomic mass is 32.2. The van der Waals surface area contributed by atoms with Gasteiger partial charge in [0.05, 0.1) is 5.60 Å². The monoisotopic (exact) mass is 438 g/mol. The topological polar surface area (TPSA) is 38.7 Å². The molecule has 1 atom stereocenters. The van der Waals surface area contributed by atoms with Crippen LogP contribution < -0.4 is 0 Å². The maximum atomic E-state index is 13.2. The van der Waals surface area contributed by atoms with Gasteiger partial charge in [-0.15, -0.1) is 0 Å². The highest BCUT2D eigenvalue weighted by molar-refractivity contribution is 7.99. The van der Waals surface area contributed by atoms with Crippen molar-refractivity contribution in [2.45, 2.75) is 40.8 Å². The first-order chi connectivity index (χ1) is 14.9. The molecule has 1 saturated heterocycles. The lowest BCUT2D eigenvalue weighted by atomic mass is 9.86. The molecule has 1 fully saturated rings. The second kappa shape index (κ2) is 9.13. The molecule has 1 heterocycles. The summed E-state index contributed by atoms with van der Waals surface area (Å²) in [4.78, 5) is 2.22. The summed E-state index contributed by atoms with van der Waals surface area (Å²) in [5, 5.41) is 11.0. The minimum Gasteiger partial charge on any atom is -0.381 e. The summed E-state index contributed by atoms with van der Waals surface area (Å²) in [6.07, 6.45) is 1.70. The lowest BCUT2D eigenvalue weighted by Crippen LogP contribution is -2.35. The van der Waals surface area contributed by atoms with E-state index in [9.17, 15) is 9.50 Å². The van der Waals surface area contributed by atoms with Crippen LogP contribution >= 0.6 is 11.8 Å². The van der Waals surface area contributed by atoms with Crippen LogP contribution in [0.5, 0.6) is 0 Å². The molecule has 1 aliphatic heterocycles. The van der Waals surface area contributed by atoms with Gasteiger partial charge in [0.15, 0.2) is 0 Å². The van der Waals surface area contributed by atoms with Crippen LogP contribution in [0.1, 0.15) is 36.5 Å². The number of benzene rings is 3. The second-order valence-electron chi connectivity index (χ2n) is 8.04. The molecule has 3 nitrogen and oxygen atoms in total. The van der Waals surface area contributed by atoms with Gasteiger partial charge < -0.3 is 14.6 Å². The second-order valence-corrected chi connectivity index (χ2v) is 9.19. The van der Waals surface area contributed by atoms with Crippen molar-refractivity contribution < 1.29 is 19.0 Å². The summed E-state index contributed by atoms with van der Waals surface area (Å²) in [6.45, 7) is 3.14. The Morgan fingerprint density at radius 1 is 0.935 bits per heavy atom. The van der Waals surface area contributed by atoms with E-state index < -0.39 is 5.60 Å². The van der Waals surface area contributed by atoms with Gasteiger partial charge in [-0.05, 0) is 60.0 Å². The van der Waals surface area contributed by atoms with Crippen molar-refractivity contribution in [3.05, 3.63) is 95.3 Å². The molecule has 1 unspecified atom stereocenters. The van der Waals surface area contributed by atoms with E-state index in [1.54, 1.807) is 37.9 Å². The van der Waals surface area contributed by atoms with Crippen molar-refractivity contribution in [2.24, 2.45) is 0 Å². The van der Waals surface area contributed by atoms with Gasteiger partial charge in [0, 0.05) is 43.0 Å². The lowest BCUT2D eigenvalue weighted by Gasteiger charge is -2.36. The van der Waals surface area contributed by atoms with Gasteiger partial charge in [0.1, 0.15) is 11.4 Å². The maximum Gasteiger partial charge on any atom is 0.123 e. The third kappa shape index (κ3) is 4.70. The summed E-state index contributed by atoms with van der Waals surface area (Å²) in [6, 6.07) is 22.3. The fourth-order valence-electron chi connectivity index (χ4n) is 4.08. The summed E-state index contributed by atoms with van der Waals surface area (Å²) >= 11 is 1.67. The van der Waals surface area contributed by atoms with Crippen LogP contribution in [0.25, 0.3) is 0 Å². The molecule has 5 heteroatoms. The van der Waals surface area contributed by atoms with Crippen LogP contribution in [0.4, 0.5) is 4.39 Å². The van der Waals surface area contributed by atoms with Crippen LogP contribution in [0.2, 0.25) is 0 Å². The molecule has 31 heavy (non-hydrogen) atoms. The molecule has 0 amide bonds. The van der Waals surface area contributed by atoms with Crippen LogP contribution in [0.3, 0.4) is 0 Å². The minimum atomic E-state index is -1.19. The van der Waals surface area contributed by atoms with Crippen LogP contribution in [-0.4, -0.2) is 25.4 Å². The third-order valence-corrected chi connectivity index (χ3v) is 7.11. The fraction of sp³-hybridized carbons (Fsp3) is 0.308. The molecular weight excluding hydrogens is 411 g/mol. The lowest BCUT2D eigenvalue weighted by molar-refractivity contribution is -0.0948. The predicted octanol–water partition coefficient (Wildman–Crippen LogP) is 5.88. The van der Waals surface area contributed by atoms with Gasteiger partial charge >= 0.3 is 0 Å². The Hall–Kier alpha value is -2.18. The van der Waals surface area contributed by atoms with Crippen molar-refractivity contribution in [2.75, 3.05) is 20.3 Å². The standard InChI is InChI=1S/C26H27FO3S/c1-25(28,19-6-10-22(27)11-7-19)20-8-12-23(13-9-20)31-24-5-3-4-21(18-24)26(29-2)14-16-30-17-15-26/h3-13,18,28H,14-17H2,1-2H3. The van der Waals surface area contributed by atoms with Gasteiger partial charge in [-0.25, -0.2) is 4.39 Å². The molecular formula is C26H27FO3S. The molecule has 0 bridgehead atoms. The molecule has 0 aliphatic carbocycles. The summed E-state index contributed by atoms with van der Waals surface area (Å²) in [5.41, 5.74) is 1.12. The first kappa shape index (κ1) is 22.0. The number of rotatable bonds is 6. The van der Waals surface area contributed by atoms with Crippen LogP contribution in [0, 0.1) is 5.82 Å². The van der Waals surface area contributed by atoms with Crippen LogP contribution in [-0.2, 0) is 20.7 Å². The number of halogens is 1. The normalized spacial score (nSPS) is 17.8. The van der Waals surface area contributed by atoms with Gasteiger partial charge in [0.25, 0.3) is 0 Å². The number of hydrogen-bond acceptors (Lipinski definition) is 4. The Labute approximate surface area is 187 Å². The van der Waals surface area contributed by atoms with Gasteiger partial charge in [-0.2, -0.15) is 0 Å². The molecule has 3 aromatic carbocycles. The maximum absolute atomic E-state index is 13.2. The highest BCUT2D eigenvalue weighted by Gasteiger charge is 2.34. The van der Waals surface area contributed by atoms with Gasteiger partial charge in [0.2, 0.25) is 0 Å². The van der Waals surface area contributed by atoms with Crippen molar-refractivity contribution in [1.82, 2.24) is 0 Å². The Bertz CT molecular complexity index is 1010. The van der Waals surface area contributed by atoms with Crippen molar-refractivity contribution in [1.29, 1.82) is 0 Å². The van der Waals surface area contributed by atoms with E-state index in [1.165, 1.54) is 17.7 Å².